The quantitative estimate of drug-likeness (QED) is 0.542. The molecule has 0 unspecified atom stereocenters. The van der Waals surface area contributed by atoms with E-state index in [2.05, 4.69) is 15.4 Å². The molecule has 3 aromatic rings. The van der Waals surface area contributed by atoms with Gasteiger partial charge in [0.1, 0.15) is 5.82 Å². The first-order chi connectivity index (χ1) is 16.5. The van der Waals surface area contributed by atoms with E-state index in [1.54, 1.807) is 18.3 Å². The Morgan fingerprint density at radius 1 is 1.21 bits per heavy atom. The number of amides is 1. The van der Waals surface area contributed by atoms with Crippen LogP contribution in [0.15, 0.2) is 36.5 Å². The minimum Gasteiger partial charge on any atom is -0.390 e. The number of hydrogen-bond donors (Lipinski definition) is 3. The number of fused-ring (bicyclic) bond motifs is 1. The Balaban J connectivity index is 0.00000133. The molecule has 9 nitrogen and oxygen atoms in total. The summed E-state index contributed by atoms with van der Waals surface area (Å²) in [6.45, 7) is 4.95. The van der Waals surface area contributed by atoms with Crippen molar-refractivity contribution in [2.24, 2.45) is 0 Å². The number of aliphatic hydroxyl groups is 2. The lowest BCUT2D eigenvalue weighted by molar-refractivity contribution is 0.00785. The molecule has 1 amide bonds. The van der Waals surface area contributed by atoms with Crippen molar-refractivity contribution < 1.29 is 19.4 Å². The van der Waals surface area contributed by atoms with Crippen molar-refractivity contribution in [1.82, 2.24) is 20.1 Å². The Morgan fingerprint density at radius 3 is 2.74 bits per heavy atom. The fourth-order valence-electron chi connectivity index (χ4n) is 4.14. The van der Waals surface area contributed by atoms with Gasteiger partial charge in [-0.1, -0.05) is 19.9 Å². The maximum atomic E-state index is 14.7. The SMILES string of the molecule is CC.N#Cc1cccc(F)c1-c1cc(-n2ccc(N3CC[C@@H](O)[C@@H](O)C3)n2)c2c(n1)CNC2=O. The zero-order valence-electron chi connectivity index (χ0n) is 18.9. The first kappa shape index (κ1) is 23.4. The van der Waals surface area contributed by atoms with E-state index in [0.29, 0.717) is 35.7 Å². The van der Waals surface area contributed by atoms with Gasteiger partial charge in [-0.2, -0.15) is 10.4 Å². The summed E-state index contributed by atoms with van der Waals surface area (Å²) in [7, 11) is 0. The van der Waals surface area contributed by atoms with Crippen LogP contribution in [0, 0.1) is 17.1 Å². The fourth-order valence-corrected chi connectivity index (χ4v) is 4.14. The Kier molecular flexibility index (Phi) is 6.58. The summed E-state index contributed by atoms with van der Waals surface area (Å²) in [6.07, 6.45) is 0.444. The average Bonchev–Trinajstić information content (AvgIpc) is 3.49. The lowest BCUT2D eigenvalue weighted by Gasteiger charge is -2.33. The second-order valence-corrected chi connectivity index (χ2v) is 7.79. The van der Waals surface area contributed by atoms with Gasteiger partial charge in [-0.05, 0) is 24.6 Å². The van der Waals surface area contributed by atoms with E-state index in [1.807, 2.05) is 24.8 Å². The topological polar surface area (TPSA) is 127 Å². The van der Waals surface area contributed by atoms with E-state index in [1.165, 1.54) is 22.9 Å². The Hall–Kier alpha value is -3.81. The highest BCUT2D eigenvalue weighted by molar-refractivity contribution is 6.01. The lowest BCUT2D eigenvalue weighted by Crippen LogP contribution is -2.46. The molecule has 10 heteroatoms. The first-order valence-electron chi connectivity index (χ1n) is 11.1. The standard InChI is InChI=1S/C22H19FN6O3.C2H6/c23-13-3-1-2-12(9-24)20(13)14-8-16(21-15(26-14)10-25-22(21)32)29-7-5-19(27-29)28-6-4-17(30)18(31)11-28;1-2/h1-3,5,7-8,17-18,30-31H,4,6,10-11H2,(H,25,32);1-2H3/t17-,18+;/m1./s1. The highest BCUT2D eigenvalue weighted by Gasteiger charge is 2.30. The van der Waals surface area contributed by atoms with Gasteiger partial charge >= 0.3 is 0 Å². The summed E-state index contributed by atoms with van der Waals surface area (Å²) >= 11 is 0. The predicted molar refractivity (Wildman–Crippen MR) is 123 cm³/mol. The van der Waals surface area contributed by atoms with Crippen molar-refractivity contribution in [2.75, 3.05) is 18.0 Å². The number of β-amino-alcohol motifs (C(OH)–C–C–N with tert-alkyl or cyclic N) is 1. The zero-order valence-corrected chi connectivity index (χ0v) is 18.9. The smallest absolute Gasteiger partial charge is 0.255 e. The number of rotatable bonds is 3. The number of piperidine rings is 1. The lowest BCUT2D eigenvalue weighted by atomic mass is 10.0. The number of aromatic nitrogens is 3. The maximum absolute atomic E-state index is 14.7. The Labute approximate surface area is 196 Å². The molecule has 34 heavy (non-hydrogen) atoms. The molecular weight excluding hydrogens is 439 g/mol. The van der Waals surface area contributed by atoms with E-state index in [4.69, 9.17) is 0 Å². The molecule has 2 aliphatic heterocycles. The van der Waals surface area contributed by atoms with Gasteiger partial charge in [0.15, 0.2) is 5.82 Å². The van der Waals surface area contributed by atoms with E-state index in [-0.39, 0.29) is 35.8 Å². The highest BCUT2D eigenvalue weighted by atomic mass is 19.1. The van der Waals surface area contributed by atoms with Crippen LogP contribution in [0.3, 0.4) is 0 Å². The highest BCUT2D eigenvalue weighted by Crippen LogP contribution is 2.31. The van der Waals surface area contributed by atoms with E-state index < -0.39 is 18.0 Å². The Morgan fingerprint density at radius 2 is 2.00 bits per heavy atom. The molecule has 2 aromatic heterocycles. The van der Waals surface area contributed by atoms with Gasteiger partial charge in [-0.25, -0.2) is 14.1 Å². The van der Waals surface area contributed by atoms with Crippen molar-refractivity contribution in [3.63, 3.8) is 0 Å². The molecule has 0 bridgehead atoms. The molecule has 1 fully saturated rings. The number of anilines is 1. The molecule has 4 heterocycles. The van der Waals surface area contributed by atoms with Crippen molar-refractivity contribution >= 4 is 11.7 Å². The second kappa shape index (κ2) is 9.59. The minimum absolute atomic E-state index is 0.0684. The molecule has 1 aromatic carbocycles. The summed E-state index contributed by atoms with van der Waals surface area (Å²) < 4.78 is 16.2. The van der Waals surface area contributed by atoms with Crippen molar-refractivity contribution in [2.45, 2.75) is 39.0 Å². The van der Waals surface area contributed by atoms with E-state index in [9.17, 15) is 24.7 Å². The predicted octanol–water partition coefficient (Wildman–Crippen LogP) is 2.15. The molecule has 0 spiro atoms. The molecule has 3 N–H and O–H groups in total. The van der Waals surface area contributed by atoms with Crippen molar-refractivity contribution in [3.05, 3.63) is 59.2 Å². The van der Waals surface area contributed by atoms with Crippen molar-refractivity contribution in [3.8, 4) is 23.0 Å². The third-order valence-electron chi connectivity index (χ3n) is 5.80. The zero-order chi connectivity index (χ0) is 24.4. The summed E-state index contributed by atoms with van der Waals surface area (Å²) in [6, 6.07) is 9.51. The van der Waals surface area contributed by atoms with Crippen LogP contribution in [0.2, 0.25) is 0 Å². The number of aliphatic hydroxyl groups excluding tert-OH is 2. The molecule has 176 valence electrons. The maximum Gasteiger partial charge on any atom is 0.255 e. The van der Waals surface area contributed by atoms with Crippen LogP contribution in [-0.4, -0.2) is 56.2 Å². The van der Waals surface area contributed by atoms with Crippen molar-refractivity contribution in [1.29, 1.82) is 5.26 Å². The largest absolute Gasteiger partial charge is 0.390 e. The molecular formula is C24H25FN6O3. The summed E-state index contributed by atoms with van der Waals surface area (Å²) in [5.74, 6) is -0.316. The number of nitrogens with zero attached hydrogens (tertiary/aromatic N) is 5. The van der Waals surface area contributed by atoms with Gasteiger partial charge in [-0.3, -0.25) is 4.79 Å². The van der Waals surface area contributed by atoms with Gasteiger partial charge in [-0.15, -0.1) is 0 Å². The third kappa shape index (κ3) is 4.11. The first-order valence-corrected chi connectivity index (χ1v) is 11.1. The number of carbonyl (C=O) groups is 1. The number of benzene rings is 1. The summed E-state index contributed by atoms with van der Waals surface area (Å²) in [4.78, 5) is 18.8. The van der Waals surface area contributed by atoms with Crippen LogP contribution >= 0.6 is 0 Å². The van der Waals surface area contributed by atoms with Crippen LogP contribution in [0.1, 0.15) is 41.9 Å². The molecule has 2 aliphatic rings. The number of pyridine rings is 1. The van der Waals surface area contributed by atoms with Gasteiger partial charge in [0.2, 0.25) is 0 Å². The van der Waals surface area contributed by atoms with Crippen LogP contribution in [-0.2, 0) is 6.54 Å². The third-order valence-corrected chi connectivity index (χ3v) is 5.80. The van der Waals surface area contributed by atoms with Gasteiger partial charge < -0.3 is 20.4 Å². The van der Waals surface area contributed by atoms with E-state index in [0.717, 1.165) is 0 Å². The number of halogens is 1. The molecule has 0 radical (unpaired) electrons. The van der Waals surface area contributed by atoms with Crippen LogP contribution in [0.25, 0.3) is 16.9 Å². The monoisotopic (exact) mass is 464 g/mol. The van der Waals surface area contributed by atoms with Crippen LogP contribution < -0.4 is 10.2 Å². The van der Waals surface area contributed by atoms with Crippen LogP contribution in [0.4, 0.5) is 10.2 Å². The number of nitrogens with one attached hydrogen (secondary N) is 1. The summed E-state index contributed by atoms with van der Waals surface area (Å²) in [5, 5.41) is 36.5. The van der Waals surface area contributed by atoms with E-state index >= 15 is 0 Å². The summed E-state index contributed by atoms with van der Waals surface area (Å²) in [5.41, 5.74) is 1.65. The van der Waals surface area contributed by atoms with Gasteiger partial charge in [0.05, 0.1) is 58.6 Å². The molecule has 0 aliphatic carbocycles. The number of hydrogen-bond acceptors (Lipinski definition) is 7. The van der Waals surface area contributed by atoms with Crippen LogP contribution in [0.5, 0.6) is 0 Å². The Bertz CT molecular complexity index is 1270. The minimum atomic E-state index is -0.873. The second-order valence-electron chi connectivity index (χ2n) is 7.79. The van der Waals surface area contributed by atoms with Gasteiger partial charge in [0.25, 0.3) is 5.91 Å². The normalized spacial score (nSPS) is 19.1. The number of nitriles is 1. The molecule has 5 rings (SSSR count). The molecule has 1 saturated heterocycles. The average molecular weight is 465 g/mol. The van der Waals surface area contributed by atoms with Gasteiger partial charge in [0, 0.05) is 25.4 Å². The fraction of sp³-hybridized carbons (Fsp3) is 0.333. The molecule has 0 saturated carbocycles. The number of carbonyl (C=O) groups excluding carboxylic acids is 1. The molecule has 2 atom stereocenters.